The third kappa shape index (κ3) is 3.72. The van der Waals surface area contributed by atoms with E-state index >= 15 is 0 Å². The summed E-state index contributed by atoms with van der Waals surface area (Å²) in [5.41, 5.74) is 5.42. The zero-order valence-electron chi connectivity index (χ0n) is 10.2. The van der Waals surface area contributed by atoms with Crippen LogP contribution in [0.25, 0.3) is 0 Å². The highest BCUT2D eigenvalue weighted by Gasteiger charge is 2.20. The minimum atomic E-state index is 0.365. The highest BCUT2D eigenvalue weighted by molar-refractivity contribution is 4.80. The SMILES string of the molecule is Cn1nnc(CN2CCC(OCCN)CC2)n1. The Hall–Kier alpha value is -1.05. The number of tetrazole rings is 1. The zero-order chi connectivity index (χ0) is 12.1. The molecule has 0 atom stereocenters. The van der Waals surface area contributed by atoms with E-state index in [1.807, 2.05) is 0 Å². The van der Waals surface area contributed by atoms with Crippen molar-refractivity contribution in [2.45, 2.75) is 25.5 Å². The Morgan fingerprint density at radius 3 is 2.76 bits per heavy atom. The normalized spacial score (nSPS) is 18.7. The number of rotatable bonds is 5. The maximum atomic E-state index is 5.64. The molecule has 0 bridgehead atoms. The number of hydrogen-bond donors (Lipinski definition) is 1. The standard InChI is InChI=1S/C10H20N6O/c1-15-13-10(12-14-15)8-16-5-2-9(3-6-16)17-7-4-11/h9H,2-8,11H2,1H3. The Morgan fingerprint density at radius 2 is 2.18 bits per heavy atom. The second-order valence-electron chi connectivity index (χ2n) is 4.33. The number of piperidine rings is 1. The molecule has 2 N–H and O–H groups in total. The molecular weight excluding hydrogens is 220 g/mol. The van der Waals surface area contributed by atoms with E-state index in [-0.39, 0.29) is 0 Å². The molecule has 17 heavy (non-hydrogen) atoms. The number of hydrogen-bond acceptors (Lipinski definition) is 6. The minimum Gasteiger partial charge on any atom is -0.377 e. The first-order chi connectivity index (χ1) is 8.28. The Bertz CT molecular complexity index is 333. The summed E-state index contributed by atoms with van der Waals surface area (Å²) in [5.74, 6) is 0.786. The van der Waals surface area contributed by atoms with Crippen LogP contribution in [0.2, 0.25) is 0 Å². The van der Waals surface area contributed by atoms with Crippen LogP contribution in [0.3, 0.4) is 0 Å². The number of nitrogens with zero attached hydrogens (tertiary/aromatic N) is 5. The molecule has 1 fully saturated rings. The maximum absolute atomic E-state index is 5.64. The zero-order valence-corrected chi connectivity index (χ0v) is 10.2. The smallest absolute Gasteiger partial charge is 0.188 e. The average Bonchev–Trinajstić information content (AvgIpc) is 2.74. The molecule has 1 aliphatic heterocycles. The molecule has 7 heteroatoms. The minimum absolute atomic E-state index is 0.365. The van der Waals surface area contributed by atoms with Gasteiger partial charge < -0.3 is 10.5 Å². The topological polar surface area (TPSA) is 82.1 Å². The fourth-order valence-electron chi connectivity index (χ4n) is 2.06. The summed E-state index contributed by atoms with van der Waals surface area (Å²) >= 11 is 0. The summed E-state index contributed by atoms with van der Waals surface area (Å²) in [6.45, 7) is 4.08. The van der Waals surface area contributed by atoms with Crippen LogP contribution in [0.4, 0.5) is 0 Å². The van der Waals surface area contributed by atoms with Crippen molar-refractivity contribution in [2.24, 2.45) is 12.8 Å². The first-order valence-corrected chi connectivity index (χ1v) is 6.05. The number of nitrogens with two attached hydrogens (primary N) is 1. The van der Waals surface area contributed by atoms with Gasteiger partial charge in [-0.3, -0.25) is 4.90 Å². The van der Waals surface area contributed by atoms with Gasteiger partial charge in [0.05, 0.1) is 26.3 Å². The predicted octanol–water partition coefficient (Wildman–Crippen LogP) is -0.850. The van der Waals surface area contributed by atoms with Crippen molar-refractivity contribution in [2.75, 3.05) is 26.2 Å². The molecule has 96 valence electrons. The van der Waals surface area contributed by atoms with E-state index in [1.165, 1.54) is 4.80 Å². The Kier molecular flexibility index (Phi) is 4.41. The van der Waals surface area contributed by atoms with Crippen LogP contribution in [0.1, 0.15) is 18.7 Å². The van der Waals surface area contributed by atoms with Gasteiger partial charge in [-0.1, -0.05) is 0 Å². The third-order valence-corrected chi connectivity index (χ3v) is 2.92. The van der Waals surface area contributed by atoms with E-state index in [0.29, 0.717) is 19.3 Å². The lowest BCUT2D eigenvalue weighted by molar-refractivity contribution is 0.00927. The highest BCUT2D eigenvalue weighted by atomic mass is 16.5. The molecule has 1 aliphatic rings. The third-order valence-electron chi connectivity index (χ3n) is 2.92. The molecule has 1 aromatic rings. The number of ether oxygens (including phenoxy) is 1. The molecule has 0 aliphatic carbocycles. The van der Waals surface area contributed by atoms with E-state index < -0.39 is 0 Å². The molecule has 0 amide bonds. The van der Waals surface area contributed by atoms with Crippen molar-refractivity contribution in [1.82, 2.24) is 25.1 Å². The maximum Gasteiger partial charge on any atom is 0.188 e. The fraction of sp³-hybridized carbons (Fsp3) is 0.900. The lowest BCUT2D eigenvalue weighted by Gasteiger charge is -2.30. The van der Waals surface area contributed by atoms with Gasteiger partial charge in [-0.2, -0.15) is 4.80 Å². The van der Waals surface area contributed by atoms with Gasteiger partial charge in [0.25, 0.3) is 0 Å². The molecule has 0 spiro atoms. The van der Waals surface area contributed by atoms with E-state index in [4.69, 9.17) is 10.5 Å². The van der Waals surface area contributed by atoms with Crippen molar-refractivity contribution < 1.29 is 4.74 Å². The van der Waals surface area contributed by atoms with Crippen molar-refractivity contribution >= 4 is 0 Å². The lowest BCUT2D eigenvalue weighted by atomic mass is 10.1. The van der Waals surface area contributed by atoms with Gasteiger partial charge in [0.15, 0.2) is 5.82 Å². The quantitative estimate of drug-likeness (QED) is 0.722. The second-order valence-corrected chi connectivity index (χ2v) is 4.33. The molecule has 0 radical (unpaired) electrons. The molecule has 2 rings (SSSR count). The molecule has 1 aromatic heterocycles. The van der Waals surface area contributed by atoms with Gasteiger partial charge >= 0.3 is 0 Å². The van der Waals surface area contributed by atoms with Crippen LogP contribution < -0.4 is 5.73 Å². The molecule has 2 heterocycles. The van der Waals surface area contributed by atoms with Crippen molar-refractivity contribution in [1.29, 1.82) is 0 Å². The van der Waals surface area contributed by atoms with E-state index in [1.54, 1.807) is 7.05 Å². The Morgan fingerprint density at radius 1 is 1.41 bits per heavy atom. The fourth-order valence-corrected chi connectivity index (χ4v) is 2.06. The van der Waals surface area contributed by atoms with Crippen LogP contribution in [0.5, 0.6) is 0 Å². The highest BCUT2D eigenvalue weighted by Crippen LogP contribution is 2.14. The van der Waals surface area contributed by atoms with Crippen LogP contribution in [0, 0.1) is 0 Å². The largest absolute Gasteiger partial charge is 0.377 e. The predicted molar refractivity (Wildman–Crippen MR) is 62.1 cm³/mol. The van der Waals surface area contributed by atoms with Crippen LogP contribution >= 0.6 is 0 Å². The monoisotopic (exact) mass is 240 g/mol. The molecule has 0 saturated carbocycles. The number of likely N-dealkylation sites (tertiary alicyclic amines) is 1. The number of aryl methyl sites for hydroxylation is 1. The number of aromatic nitrogens is 4. The van der Waals surface area contributed by atoms with E-state index in [0.717, 1.165) is 38.3 Å². The average molecular weight is 240 g/mol. The first kappa shape index (κ1) is 12.4. The van der Waals surface area contributed by atoms with Crippen molar-refractivity contribution in [3.8, 4) is 0 Å². The van der Waals surface area contributed by atoms with Crippen LogP contribution in [0.15, 0.2) is 0 Å². The van der Waals surface area contributed by atoms with Gasteiger partial charge in [0.1, 0.15) is 0 Å². The van der Waals surface area contributed by atoms with Gasteiger partial charge in [0, 0.05) is 19.6 Å². The summed E-state index contributed by atoms with van der Waals surface area (Å²) in [4.78, 5) is 3.83. The Labute approximate surface area is 101 Å². The summed E-state index contributed by atoms with van der Waals surface area (Å²) in [5, 5.41) is 12.0. The van der Waals surface area contributed by atoms with Crippen LogP contribution in [-0.4, -0.2) is 57.5 Å². The molecule has 7 nitrogen and oxygen atoms in total. The Balaban J connectivity index is 1.72. The van der Waals surface area contributed by atoms with Crippen molar-refractivity contribution in [3.63, 3.8) is 0 Å². The summed E-state index contributed by atoms with van der Waals surface area (Å²) in [6.07, 6.45) is 2.48. The molecule has 0 aromatic carbocycles. The van der Waals surface area contributed by atoms with Gasteiger partial charge in [-0.15, -0.1) is 10.2 Å². The van der Waals surface area contributed by atoms with Gasteiger partial charge in [-0.05, 0) is 18.1 Å². The van der Waals surface area contributed by atoms with E-state index in [2.05, 4.69) is 20.3 Å². The van der Waals surface area contributed by atoms with Crippen LogP contribution in [-0.2, 0) is 18.3 Å². The molecule has 1 saturated heterocycles. The lowest BCUT2D eigenvalue weighted by Crippen LogP contribution is -2.37. The molecular formula is C10H20N6O. The summed E-state index contributed by atoms with van der Waals surface area (Å²) in [7, 11) is 1.78. The summed E-state index contributed by atoms with van der Waals surface area (Å²) < 4.78 is 5.64. The summed E-state index contributed by atoms with van der Waals surface area (Å²) in [6, 6.07) is 0. The second kappa shape index (κ2) is 6.04. The van der Waals surface area contributed by atoms with Gasteiger partial charge in [-0.25, -0.2) is 0 Å². The van der Waals surface area contributed by atoms with Crippen molar-refractivity contribution in [3.05, 3.63) is 5.82 Å². The molecule has 0 unspecified atom stereocenters. The van der Waals surface area contributed by atoms with Gasteiger partial charge in [0.2, 0.25) is 0 Å². The first-order valence-electron chi connectivity index (χ1n) is 6.05. The van der Waals surface area contributed by atoms with E-state index in [9.17, 15) is 0 Å².